The third-order valence-corrected chi connectivity index (χ3v) is 3.45. The monoisotopic (exact) mass is 288 g/mol. The molecule has 3 nitrogen and oxygen atoms in total. The molecule has 0 radical (unpaired) electrons. The Labute approximate surface area is 125 Å². The van der Waals surface area contributed by atoms with Crippen LogP contribution in [0.4, 0.5) is 4.39 Å². The van der Waals surface area contributed by atoms with Crippen molar-refractivity contribution in [3.63, 3.8) is 0 Å². The highest BCUT2D eigenvalue weighted by Crippen LogP contribution is 2.32. The molecule has 0 bridgehead atoms. The number of benzene rings is 1. The summed E-state index contributed by atoms with van der Waals surface area (Å²) in [6.45, 7) is 8.45. The molecule has 2 aromatic rings. The van der Waals surface area contributed by atoms with Crippen LogP contribution >= 0.6 is 0 Å². The lowest BCUT2D eigenvalue weighted by atomic mass is 10.0. The Morgan fingerprint density at radius 3 is 2.71 bits per heavy atom. The molecule has 0 aliphatic heterocycles. The van der Waals surface area contributed by atoms with Crippen LogP contribution in [-0.2, 0) is 0 Å². The van der Waals surface area contributed by atoms with E-state index >= 15 is 0 Å². The average Bonchev–Trinajstić information content (AvgIpc) is 2.45. The molecular weight excluding hydrogens is 267 g/mol. The molecule has 2 rings (SSSR count). The predicted octanol–water partition coefficient (Wildman–Crippen LogP) is 4.30. The topological polar surface area (TPSA) is 34.1 Å². The maximum absolute atomic E-state index is 13.9. The largest absolute Gasteiger partial charge is 0.455 e. The van der Waals surface area contributed by atoms with E-state index in [1.54, 1.807) is 25.3 Å². The number of halogens is 1. The Morgan fingerprint density at radius 2 is 2.05 bits per heavy atom. The van der Waals surface area contributed by atoms with Gasteiger partial charge in [0.15, 0.2) is 0 Å². The van der Waals surface area contributed by atoms with Gasteiger partial charge in [0, 0.05) is 17.8 Å². The summed E-state index contributed by atoms with van der Waals surface area (Å²) in [5.41, 5.74) is 2.18. The molecular formula is C17H21FN2O. The molecule has 0 aliphatic rings. The van der Waals surface area contributed by atoms with E-state index in [2.05, 4.69) is 10.3 Å². The SMILES string of the molecule is CCNC(C)c1cc(F)c(C)cc1Oc1cccnc1C. The number of pyridine rings is 1. The number of nitrogens with zero attached hydrogens (tertiary/aromatic N) is 1. The van der Waals surface area contributed by atoms with E-state index in [1.807, 2.05) is 32.9 Å². The lowest BCUT2D eigenvalue weighted by molar-refractivity contribution is 0.453. The zero-order valence-electron chi connectivity index (χ0n) is 12.9. The molecule has 0 aliphatic carbocycles. The van der Waals surface area contributed by atoms with Crippen LogP contribution in [0.1, 0.15) is 36.7 Å². The smallest absolute Gasteiger partial charge is 0.148 e. The van der Waals surface area contributed by atoms with E-state index in [0.29, 0.717) is 17.1 Å². The summed E-state index contributed by atoms with van der Waals surface area (Å²) in [6, 6.07) is 6.99. The number of rotatable bonds is 5. The van der Waals surface area contributed by atoms with Gasteiger partial charge < -0.3 is 10.1 Å². The molecule has 0 saturated carbocycles. The molecule has 1 unspecified atom stereocenters. The quantitative estimate of drug-likeness (QED) is 0.890. The van der Waals surface area contributed by atoms with E-state index in [4.69, 9.17) is 4.74 Å². The normalized spacial score (nSPS) is 12.2. The average molecular weight is 288 g/mol. The van der Waals surface area contributed by atoms with Crippen LogP contribution < -0.4 is 10.1 Å². The first-order valence-electron chi connectivity index (χ1n) is 7.15. The van der Waals surface area contributed by atoms with Crippen LogP contribution in [0.3, 0.4) is 0 Å². The Kier molecular flexibility index (Phi) is 4.91. The number of ether oxygens (including phenoxy) is 1. The van der Waals surface area contributed by atoms with Crippen LogP contribution in [0.5, 0.6) is 11.5 Å². The van der Waals surface area contributed by atoms with Gasteiger partial charge in [-0.1, -0.05) is 6.92 Å². The lowest BCUT2D eigenvalue weighted by Gasteiger charge is -2.19. The van der Waals surface area contributed by atoms with Gasteiger partial charge in [-0.15, -0.1) is 0 Å². The van der Waals surface area contributed by atoms with Crippen LogP contribution in [0.2, 0.25) is 0 Å². The first-order chi connectivity index (χ1) is 10.0. The predicted molar refractivity (Wildman–Crippen MR) is 82.3 cm³/mol. The highest BCUT2D eigenvalue weighted by Gasteiger charge is 2.15. The van der Waals surface area contributed by atoms with E-state index < -0.39 is 0 Å². The minimum Gasteiger partial charge on any atom is -0.455 e. The van der Waals surface area contributed by atoms with Crippen molar-refractivity contribution in [3.8, 4) is 11.5 Å². The Bertz CT molecular complexity index is 628. The van der Waals surface area contributed by atoms with Crippen LogP contribution in [0, 0.1) is 19.7 Å². The van der Waals surface area contributed by atoms with Crippen molar-refractivity contribution < 1.29 is 9.13 Å². The first-order valence-corrected chi connectivity index (χ1v) is 7.15. The molecule has 21 heavy (non-hydrogen) atoms. The summed E-state index contributed by atoms with van der Waals surface area (Å²) < 4.78 is 19.9. The molecule has 0 spiro atoms. The molecule has 0 fully saturated rings. The fourth-order valence-electron chi connectivity index (χ4n) is 2.21. The summed E-state index contributed by atoms with van der Waals surface area (Å²) >= 11 is 0. The van der Waals surface area contributed by atoms with Crippen LogP contribution in [-0.4, -0.2) is 11.5 Å². The first kappa shape index (κ1) is 15.4. The van der Waals surface area contributed by atoms with Gasteiger partial charge in [-0.2, -0.15) is 0 Å². The van der Waals surface area contributed by atoms with Gasteiger partial charge in [-0.3, -0.25) is 4.98 Å². The molecule has 0 amide bonds. The second-order valence-electron chi connectivity index (χ2n) is 5.11. The second-order valence-corrected chi connectivity index (χ2v) is 5.11. The zero-order valence-corrected chi connectivity index (χ0v) is 12.9. The number of hydrogen-bond donors (Lipinski definition) is 1. The minimum absolute atomic E-state index is 0.0112. The van der Waals surface area contributed by atoms with E-state index in [9.17, 15) is 4.39 Å². The number of hydrogen-bond acceptors (Lipinski definition) is 3. The maximum atomic E-state index is 13.9. The Morgan fingerprint density at radius 1 is 1.29 bits per heavy atom. The number of nitrogens with one attached hydrogen (secondary N) is 1. The van der Waals surface area contributed by atoms with Gasteiger partial charge in [0.1, 0.15) is 17.3 Å². The lowest BCUT2D eigenvalue weighted by Crippen LogP contribution is -2.18. The molecule has 4 heteroatoms. The fourth-order valence-corrected chi connectivity index (χ4v) is 2.21. The van der Waals surface area contributed by atoms with Crippen molar-refractivity contribution in [1.29, 1.82) is 0 Å². The molecule has 1 atom stereocenters. The van der Waals surface area contributed by atoms with Gasteiger partial charge in [0.25, 0.3) is 0 Å². The van der Waals surface area contributed by atoms with Crippen molar-refractivity contribution in [2.75, 3.05) is 6.54 Å². The van der Waals surface area contributed by atoms with Gasteiger partial charge in [0.2, 0.25) is 0 Å². The van der Waals surface area contributed by atoms with Crippen molar-refractivity contribution in [1.82, 2.24) is 10.3 Å². The van der Waals surface area contributed by atoms with Crippen molar-refractivity contribution >= 4 is 0 Å². The molecule has 112 valence electrons. The van der Waals surface area contributed by atoms with Crippen molar-refractivity contribution in [2.45, 2.75) is 33.7 Å². The molecule has 1 N–H and O–H groups in total. The third-order valence-electron chi connectivity index (χ3n) is 3.45. The number of aryl methyl sites for hydroxylation is 2. The van der Waals surface area contributed by atoms with Gasteiger partial charge >= 0.3 is 0 Å². The third kappa shape index (κ3) is 3.58. The standard InChI is InChI=1S/C17H21FN2O/c1-5-19-12(3)14-10-15(18)11(2)9-17(14)21-16-7-6-8-20-13(16)4/h6-10,12,19H,5H2,1-4H3. The maximum Gasteiger partial charge on any atom is 0.148 e. The van der Waals surface area contributed by atoms with E-state index in [1.165, 1.54) is 0 Å². The van der Waals surface area contributed by atoms with E-state index in [-0.39, 0.29) is 11.9 Å². The molecule has 1 heterocycles. The summed E-state index contributed by atoms with van der Waals surface area (Å²) in [5.74, 6) is 1.14. The number of aromatic nitrogens is 1. The van der Waals surface area contributed by atoms with E-state index in [0.717, 1.165) is 17.8 Å². The zero-order chi connectivity index (χ0) is 15.4. The second kappa shape index (κ2) is 6.68. The summed E-state index contributed by atoms with van der Waals surface area (Å²) in [5, 5.41) is 3.29. The Balaban J connectivity index is 2.41. The summed E-state index contributed by atoms with van der Waals surface area (Å²) in [6.07, 6.45) is 1.72. The highest BCUT2D eigenvalue weighted by molar-refractivity contribution is 5.43. The highest BCUT2D eigenvalue weighted by atomic mass is 19.1. The molecule has 0 saturated heterocycles. The summed E-state index contributed by atoms with van der Waals surface area (Å²) in [7, 11) is 0. The Hall–Kier alpha value is -1.94. The van der Waals surface area contributed by atoms with Gasteiger partial charge in [-0.05, 0) is 57.1 Å². The van der Waals surface area contributed by atoms with Crippen LogP contribution in [0.25, 0.3) is 0 Å². The molecule has 1 aromatic carbocycles. The summed E-state index contributed by atoms with van der Waals surface area (Å²) in [4.78, 5) is 4.21. The van der Waals surface area contributed by atoms with Gasteiger partial charge in [-0.25, -0.2) is 4.39 Å². The minimum atomic E-state index is -0.218. The van der Waals surface area contributed by atoms with Crippen molar-refractivity contribution in [2.24, 2.45) is 0 Å². The van der Waals surface area contributed by atoms with Crippen molar-refractivity contribution in [3.05, 3.63) is 53.1 Å². The van der Waals surface area contributed by atoms with Gasteiger partial charge in [0.05, 0.1) is 5.69 Å². The molecule has 1 aromatic heterocycles. The fraction of sp³-hybridized carbons (Fsp3) is 0.353. The van der Waals surface area contributed by atoms with Crippen LogP contribution in [0.15, 0.2) is 30.5 Å².